The third kappa shape index (κ3) is 4.05. The molecule has 3 heteroatoms. The van der Waals surface area contributed by atoms with Gasteiger partial charge in [0.1, 0.15) is 11.8 Å². The molecule has 1 aromatic carbocycles. The largest absolute Gasteiger partial charge is 0.479 e. The van der Waals surface area contributed by atoms with Crippen molar-refractivity contribution in [3.63, 3.8) is 0 Å². The standard InChI is InChI=1S/C12H12ClNO/c1-10(9-13)8-11-2-4-12(5-3-11)15-7-6-14/h2-5,8H,7,9H2,1H3. The molecule has 0 unspecified atom stereocenters. The summed E-state index contributed by atoms with van der Waals surface area (Å²) in [6.07, 6.45) is 2.01. The van der Waals surface area contributed by atoms with E-state index in [4.69, 9.17) is 21.6 Å². The summed E-state index contributed by atoms with van der Waals surface area (Å²) in [6, 6.07) is 9.46. The van der Waals surface area contributed by atoms with E-state index < -0.39 is 0 Å². The van der Waals surface area contributed by atoms with Gasteiger partial charge in [-0.1, -0.05) is 23.8 Å². The summed E-state index contributed by atoms with van der Waals surface area (Å²) in [5, 5.41) is 8.33. The molecule has 0 spiro atoms. The summed E-state index contributed by atoms with van der Waals surface area (Å²) in [4.78, 5) is 0. The van der Waals surface area contributed by atoms with Gasteiger partial charge in [-0.3, -0.25) is 0 Å². The van der Waals surface area contributed by atoms with Gasteiger partial charge in [-0.05, 0) is 24.6 Å². The number of allylic oxidation sites excluding steroid dienone is 1. The number of nitriles is 1. The van der Waals surface area contributed by atoms with Crippen molar-refractivity contribution in [3.05, 3.63) is 35.4 Å². The molecule has 15 heavy (non-hydrogen) atoms. The Hall–Kier alpha value is -1.46. The van der Waals surface area contributed by atoms with Crippen LogP contribution in [0.3, 0.4) is 0 Å². The molecule has 78 valence electrons. The van der Waals surface area contributed by atoms with E-state index in [9.17, 15) is 0 Å². The van der Waals surface area contributed by atoms with Crippen LogP contribution in [0.25, 0.3) is 6.08 Å². The number of halogens is 1. The minimum absolute atomic E-state index is 0.0793. The van der Waals surface area contributed by atoms with Crippen LogP contribution in [-0.2, 0) is 0 Å². The van der Waals surface area contributed by atoms with Crippen LogP contribution in [0.2, 0.25) is 0 Å². The lowest BCUT2D eigenvalue weighted by Crippen LogP contribution is -1.92. The predicted octanol–water partition coefficient (Wildman–Crippen LogP) is 3.23. The molecule has 0 saturated heterocycles. The van der Waals surface area contributed by atoms with Crippen molar-refractivity contribution >= 4 is 17.7 Å². The fourth-order valence-corrected chi connectivity index (χ4v) is 1.18. The molecule has 0 fully saturated rings. The molecule has 0 N–H and O–H groups in total. The quantitative estimate of drug-likeness (QED) is 0.732. The lowest BCUT2D eigenvalue weighted by Gasteiger charge is -2.01. The molecular formula is C12H12ClNO. The van der Waals surface area contributed by atoms with Crippen LogP contribution in [0.1, 0.15) is 12.5 Å². The molecule has 1 rings (SSSR count). The van der Waals surface area contributed by atoms with E-state index in [1.54, 1.807) is 0 Å². The van der Waals surface area contributed by atoms with Crippen molar-refractivity contribution in [3.8, 4) is 11.8 Å². The van der Waals surface area contributed by atoms with E-state index in [0.29, 0.717) is 11.6 Å². The van der Waals surface area contributed by atoms with Crippen molar-refractivity contribution in [2.45, 2.75) is 6.92 Å². The van der Waals surface area contributed by atoms with Crippen LogP contribution in [-0.4, -0.2) is 12.5 Å². The first-order valence-corrected chi connectivity index (χ1v) is 5.12. The van der Waals surface area contributed by atoms with Gasteiger partial charge in [-0.2, -0.15) is 5.26 Å². The second kappa shape index (κ2) is 6.10. The first-order chi connectivity index (χ1) is 7.26. The van der Waals surface area contributed by atoms with Crippen LogP contribution in [0.4, 0.5) is 0 Å². The fraction of sp³-hybridized carbons (Fsp3) is 0.250. The fourth-order valence-electron chi connectivity index (χ4n) is 1.10. The number of hydrogen-bond acceptors (Lipinski definition) is 2. The van der Waals surface area contributed by atoms with Gasteiger partial charge in [0.15, 0.2) is 6.61 Å². The summed E-state index contributed by atoms with van der Waals surface area (Å²) in [5.41, 5.74) is 2.19. The summed E-state index contributed by atoms with van der Waals surface area (Å²) in [5.74, 6) is 1.24. The van der Waals surface area contributed by atoms with E-state index in [1.165, 1.54) is 0 Å². The third-order valence-electron chi connectivity index (χ3n) is 1.81. The Morgan fingerprint density at radius 2 is 2.13 bits per heavy atom. The lowest BCUT2D eigenvalue weighted by molar-refractivity contribution is 0.368. The number of nitrogens with zero attached hydrogens (tertiary/aromatic N) is 1. The Kier molecular flexibility index (Phi) is 4.73. The Labute approximate surface area is 94.7 Å². The zero-order valence-electron chi connectivity index (χ0n) is 8.53. The molecule has 2 nitrogen and oxygen atoms in total. The molecular weight excluding hydrogens is 210 g/mol. The molecule has 0 aromatic heterocycles. The predicted molar refractivity (Wildman–Crippen MR) is 61.9 cm³/mol. The zero-order chi connectivity index (χ0) is 11.1. The van der Waals surface area contributed by atoms with Gasteiger partial charge >= 0.3 is 0 Å². The maximum absolute atomic E-state index is 8.33. The van der Waals surface area contributed by atoms with E-state index in [0.717, 1.165) is 11.1 Å². The van der Waals surface area contributed by atoms with E-state index in [2.05, 4.69) is 0 Å². The molecule has 0 aliphatic rings. The number of alkyl halides is 1. The number of rotatable bonds is 4. The third-order valence-corrected chi connectivity index (χ3v) is 2.23. The highest BCUT2D eigenvalue weighted by atomic mass is 35.5. The smallest absolute Gasteiger partial charge is 0.174 e. The average Bonchev–Trinajstić information content (AvgIpc) is 2.28. The van der Waals surface area contributed by atoms with Gasteiger partial charge in [0.2, 0.25) is 0 Å². The summed E-state index contributed by atoms with van der Waals surface area (Å²) in [7, 11) is 0. The highest BCUT2D eigenvalue weighted by Gasteiger charge is 1.93. The van der Waals surface area contributed by atoms with Gasteiger partial charge in [-0.25, -0.2) is 0 Å². The maximum Gasteiger partial charge on any atom is 0.174 e. The van der Waals surface area contributed by atoms with Gasteiger partial charge < -0.3 is 4.74 Å². The number of ether oxygens (including phenoxy) is 1. The monoisotopic (exact) mass is 221 g/mol. The van der Waals surface area contributed by atoms with Gasteiger partial charge in [0, 0.05) is 5.88 Å². The van der Waals surface area contributed by atoms with Gasteiger partial charge in [0.25, 0.3) is 0 Å². The summed E-state index contributed by atoms with van der Waals surface area (Å²) in [6.45, 7) is 2.06. The molecule has 0 bridgehead atoms. The SMILES string of the molecule is CC(=Cc1ccc(OCC#N)cc1)CCl. The molecule has 0 saturated carbocycles. The molecule has 0 atom stereocenters. The second-order valence-electron chi connectivity index (χ2n) is 3.14. The normalized spacial score (nSPS) is 10.9. The van der Waals surface area contributed by atoms with Crippen molar-refractivity contribution in [2.75, 3.05) is 12.5 Å². The Morgan fingerprint density at radius 3 is 2.67 bits per heavy atom. The molecule has 0 amide bonds. The summed E-state index contributed by atoms with van der Waals surface area (Å²) >= 11 is 5.67. The summed E-state index contributed by atoms with van der Waals surface area (Å²) < 4.78 is 5.13. The Balaban J connectivity index is 2.69. The first-order valence-electron chi connectivity index (χ1n) is 4.59. The number of benzene rings is 1. The van der Waals surface area contributed by atoms with Crippen molar-refractivity contribution in [1.82, 2.24) is 0 Å². The molecule has 0 heterocycles. The molecule has 0 radical (unpaired) electrons. The van der Waals surface area contributed by atoms with Crippen molar-refractivity contribution < 1.29 is 4.74 Å². The van der Waals surface area contributed by atoms with Crippen molar-refractivity contribution in [2.24, 2.45) is 0 Å². The van der Waals surface area contributed by atoms with Gasteiger partial charge in [0.05, 0.1) is 0 Å². The van der Waals surface area contributed by atoms with Crippen LogP contribution < -0.4 is 4.74 Å². The highest BCUT2D eigenvalue weighted by Crippen LogP contribution is 2.14. The lowest BCUT2D eigenvalue weighted by atomic mass is 10.1. The minimum atomic E-state index is 0.0793. The topological polar surface area (TPSA) is 33.0 Å². The first kappa shape index (κ1) is 11.6. The maximum atomic E-state index is 8.33. The Morgan fingerprint density at radius 1 is 1.47 bits per heavy atom. The van der Waals surface area contributed by atoms with E-state index >= 15 is 0 Å². The van der Waals surface area contributed by atoms with E-state index in [-0.39, 0.29) is 6.61 Å². The Bertz CT molecular complexity index is 376. The molecule has 1 aromatic rings. The van der Waals surface area contributed by atoms with Crippen molar-refractivity contribution in [1.29, 1.82) is 5.26 Å². The molecule has 0 aliphatic carbocycles. The highest BCUT2D eigenvalue weighted by molar-refractivity contribution is 6.19. The minimum Gasteiger partial charge on any atom is -0.479 e. The zero-order valence-corrected chi connectivity index (χ0v) is 9.29. The second-order valence-corrected chi connectivity index (χ2v) is 3.41. The number of hydrogen-bond donors (Lipinski definition) is 0. The molecule has 0 aliphatic heterocycles. The average molecular weight is 222 g/mol. The van der Waals surface area contributed by atoms with Crippen LogP contribution in [0, 0.1) is 11.3 Å². The van der Waals surface area contributed by atoms with E-state index in [1.807, 2.05) is 43.3 Å². The van der Waals surface area contributed by atoms with Crippen LogP contribution in [0.15, 0.2) is 29.8 Å². The van der Waals surface area contributed by atoms with Crippen LogP contribution >= 0.6 is 11.6 Å². The van der Waals surface area contributed by atoms with Crippen LogP contribution in [0.5, 0.6) is 5.75 Å². The van der Waals surface area contributed by atoms with Gasteiger partial charge in [-0.15, -0.1) is 11.6 Å².